The molecule has 0 aromatic carbocycles. The molecule has 1 saturated carbocycles. The van der Waals surface area contributed by atoms with Gasteiger partial charge in [0.15, 0.2) is 0 Å². The third kappa shape index (κ3) is 5.48. The largest absolute Gasteiger partial charge is 0.369 e. The summed E-state index contributed by atoms with van der Waals surface area (Å²) < 4.78 is 12.3. The molecular weight excluding hydrogens is 332 g/mol. The van der Waals surface area contributed by atoms with Crippen molar-refractivity contribution in [1.82, 2.24) is 0 Å². The van der Waals surface area contributed by atoms with Gasteiger partial charge in [-0.1, -0.05) is 68.7 Å². The molecular formula is C25H42O2. The Labute approximate surface area is 167 Å². The topological polar surface area (TPSA) is 25.1 Å². The molecule has 3 aliphatic rings. The Balaban J connectivity index is 1.44. The van der Waals surface area contributed by atoms with Gasteiger partial charge in [0.05, 0.1) is 23.9 Å². The highest BCUT2D eigenvalue weighted by molar-refractivity contribution is 5.23. The molecule has 0 radical (unpaired) electrons. The smallest absolute Gasteiger partial charge is 0.0983 e. The van der Waals surface area contributed by atoms with E-state index in [9.17, 15) is 0 Å². The SMILES string of the molecule is CCCCCCCCC/C=C1/CCC2(CO2)C(C2(C)OC2CC=C(C)C)C1. The van der Waals surface area contributed by atoms with Crippen LogP contribution in [0.3, 0.4) is 0 Å². The molecule has 2 heterocycles. The second-order valence-corrected chi connectivity index (χ2v) is 9.69. The molecule has 27 heavy (non-hydrogen) atoms. The Morgan fingerprint density at radius 1 is 1.11 bits per heavy atom. The lowest BCUT2D eigenvalue weighted by Gasteiger charge is -2.34. The first-order valence-corrected chi connectivity index (χ1v) is 11.6. The van der Waals surface area contributed by atoms with E-state index in [4.69, 9.17) is 9.47 Å². The molecule has 3 rings (SSSR count). The van der Waals surface area contributed by atoms with Crippen LogP contribution in [0.5, 0.6) is 0 Å². The molecule has 2 nitrogen and oxygen atoms in total. The number of ether oxygens (including phenoxy) is 2. The van der Waals surface area contributed by atoms with Crippen molar-refractivity contribution in [2.75, 3.05) is 6.61 Å². The van der Waals surface area contributed by atoms with E-state index in [2.05, 4.69) is 39.8 Å². The van der Waals surface area contributed by atoms with Crippen molar-refractivity contribution in [3.63, 3.8) is 0 Å². The van der Waals surface area contributed by atoms with E-state index in [0.29, 0.717) is 12.0 Å². The molecule has 4 atom stereocenters. The van der Waals surface area contributed by atoms with Gasteiger partial charge in [-0.25, -0.2) is 0 Å². The lowest BCUT2D eigenvalue weighted by Crippen LogP contribution is -2.40. The third-order valence-electron chi connectivity index (χ3n) is 7.14. The molecule has 0 amide bonds. The fourth-order valence-corrected chi connectivity index (χ4v) is 5.06. The van der Waals surface area contributed by atoms with E-state index in [1.807, 2.05) is 0 Å². The number of allylic oxidation sites excluding steroid dienone is 3. The second kappa shape index (κ2) is 9.27. The van der Waals surface area contributed by atoms with Crippen LogP contribution in [0.4, 0.5) is 0 Å². The minimum absolute atomic E-state index is 0.0290. The van der Waals surface area contributed by atoms with Crippen LogP contribution in [-0.4, -0.2) is 23.9 Å². The fourth-order valence-electron chi connectivity index (χ4n) is 5.06. The summed E-state index contributed by atoms with van der Waals surface area (Å²) in [5, 5.41) is 0. The molecule has 0 aromatic heterocycles. The maximum absolute atomic E-state index is 6.26. The van der Waals surface area contributed by atoms with Crippen LogP contribution in [0.2, 0.25) is 0 Å². The van der Waals surface area contributed by atoms with Crippen molar-refractivity contribution < 1.29 is 9.47 Å². The van der Waals surface area contributed by atoms with Crippen molar-refractivity contribution in [3.05, 3.63) is 23.3 Å². The first-order chi connectivity index (χ1) is 13.0. The van der Waals surface area contributed by atoms with Crippen LogP contribution in [0, 0.1) is 5.92 Å². The predicted molar refractivity (Wildman–Crippen MR) is 114 cm³/mol. The zero-order chi connectivity index (χ0) is 19.3. The molecule has 2 heteroatoms. The van der Waals surface area contributed by atoms with Crippen molar-refractivity contribution in [2.24, 2.45) is 5.92 Å². The number of hydrogen-bond donors (Lipinski definition) is 0. The van der Waals surface area contributed by atoms with E-state index in [1.165, 1.54) is 76.2 Å². The molecule has 2 aliphatic heterocycles. The summed E-state index contributed by atoms with van der Waals surface area (Å²) >= 11 is 0. The van der Waals surface area contributed by atoms with Crippen LogP contribution in [0.25, 0.3) is 0 Å². The van der Waals surface area contributed by atoms with E-state index in [1.54, 1.807) is 5.57 Å². The Morgan fingerprint density at radius 2 is 1.81 bits per heavy atom. The average Bonchev–Trinajstić information content (AvgIpc) is 3.55. The van der Waals surface area contributed by atoms with Crippen LogP contribution in [0.15, 0.2) is 23.3 Å². The molecule has 4 unspecified atom stereocenters. The summed E-state index contributed by atoms with van der Waals surface area (Å²) in [6.07, 6.45) is 21.0. The van der Waals surface area contributed by atoms with Gasteiger partial charge in [0.25, 0.3) is 0 Å². The Morgan fingerprint density at radius 3 is 2.48 bits per heavy atom. The minimum atomic E-state index is 0.0290. The fraction of sp³-hybridized carbons (Fsp3) is 0.840. The predicted octanol–water partition coefficient (Wildman–Crippen LogP) is 7.14. The second-order valence-electron chi connectivity index (χ2n) is 9.69. The normalized spacial score (nSPS) is 36.2. The Bertz CT molecular complexity index is 539. The molecule has 1 aliphatic carbocycles. The number of unbranched alkanes of at least 4 members (excludes halogenated alkanes) is 7. The van der Waals surface area contributed by atoms with Gasteiger partial charge in [-0.3, -0.25) is 0 Å². The van der Waals surface area contributed by atoms with Crippen molar-refractivity contribution in [2.45, 2.75) is 122 Å². The standard InChI is InChI=1S/C25H42O2/c1-5-6-7-8-9-10-11-12-13-21-16-17-25(19-26-25)22(18-21)24(4)23(27-24)15-14-20(2)3/h13-14,22-23H,5-12,15-19H2,1-4H3/b21-13-. The zero-order valence-electron chi connectivity index (χ0n) is 18.3. The van der Waals surface area contributed by atoms with Gasteiger partial charge in [-0.15, -0.1) is 0 Å². The number of epoxide rings is 2. The van der Waals surface area contributed by atoms with Gasteiger partial charge >= 0.3 is 0 Å². The molecule has 0 N–H and O–H groups in total. The van der Waals surface area contributed by atoms with E-state index < -0.39 is 0 Å². The molecule has 1 spiro atoms. The van der Waals surface area contributed by atoms with Gasteiger partial charge < -0.3 is 9.47 Å². The summed E-state index contributed by atoms with van der Waals surface area (Å²) in [6.45, 7) is 9.94. The van der Waals surface area contributed by atoms with Crippen LogP contribution < -0.4 is 0 Å². The lowest BCUT2D eigenvalue weighted by molar-refractivity contribution is 0.106. The first kappa shape index (κ1) is 21.1. The van der Waals surface area contributed by atoms with E-state index in [0.717, 1.165) is 13.0 Å². The van der Waals surface area contributed by atoms with Gasteiger partial charge in [0, 0.05) is 5.92 Å². The van der Waals surface area contributed by atoms with Crippen LogP contribution >= 0.6 is 0 Å². The monoisotopic (exact) mass is 374 g/mol. The highest BCUT2D eigenvalue weighted by Gasteiger charge is 2.67. The molecule has 154 valence electrons. The molecule has 0 bridgehead atoms. The van der Waals surface area contributed by atoms with Crippen molar-refractivity contribution >= 4 is 0 Å². The molecule has 2 saturated heterocycles. The minimum Gasteiger partial charge on any atom is -0.369 e. The summed E-state index contributed by atoms with van der Waals surface area (Å²) in [7, 11) is 0. The highest BCUT2D eigenvalue weighted by Crippen LogP contribution is 2.59. The van der Waals surface area contributed by atoms with Gasteiger partial charge in [0.2, 0.25) is 0 Å². The number of hydrogen-bond acceptors (Lipinski definition) is 2. The summed E-state index contributed by atoms with van der Waals surface area (Å²) in [6, 6.07) is 0. The van der Waals surface area contributed by atoms with Gasteiger partial charge in [0.1, 0.15) is 0 Å². The maximum Gasteiger partial charge on any atom is 0.0983 e. The number of rotatable bonds is 11. The van der Waals surface area contributed by atoms with Crippen LogP contribution in [-0.2, 0) is 9.47 Å². The van der Waals surface area contributed by atoms with Crippen LogP contribution in [0.1, 0.15) is 105 Å². The van der Waals surface area contributed by atoms with Crippen molar-refractivity contribution in [3.8, 4) is 0 Å². The summed E-state index contributed by atoms with van der Waals surface area (Å²) in [5.41, 5.74) is 3.24. The Kier molecular flexibility index (Phi) is 7.25. The quantitative estimate of drug-likeness (QED) is 0.218. The average molecular weight is 375 g/mol. The Hall–Kier alpha value is -0.600. The highest BCUT2D eigenvalue weighted by atomic mass is 16.6. The van der Waals surface area contributed by atoms with E-state index in [-0.39, 0.29) is 11.2 Å². The van der Waals surface area contributed by atoms with Gasteiger partial charge in [-0.2, -0.15) is 0 Å². The maximum atomic E-state index is 6.26. The summed E-state index contributed by atoms with van der Waals surface area (Å²) in [5.74, 6) is 0.551. The van der Waals surface area contributed by atoms with Crippen molar-refractivity contribution in [1.29, 1.82) is 0 Å². The molecule has 3 fully saturated rings. The lowest BCUT2D eigenvalue weighted by atomic mass is 9.69. The third-order valence-corrected chi connectivity index (χ3v) is 7.14. The molecule has 0 aromatic rings. The van der Waals surface area contributed by atoms with Gasteiger partial charge in [-0.05, 0) is 59.3 Å². The zero-order valence-corrected chi connectivity index (χ0v) is 18.3. The first-order valence-electron chi connectivity index (χ1n) is 11.6. The summed E-state index contributed by atoms with van der Waals surface area (Å²) in [4.78, 5) is 0. The van der Waals surface area contributed by atoms with E-state index >= 15 is 0 Å².